The lowest BCUT2D eigenvalue weighted by Gasteiger charge is -2.17. The van der Waals surface area contributed by atoms with E-state index in [4.69, 9.17) is 4.12 Å². The molecule has 4 heteroatoms. The Morgan fingerprint density at radius 1 is 1.36 bits per heavy atom. The van der Waals surface area contributed by atoms with Crippen LogP contribution in [0.5, 0.6) is 0 Å². The lowest BCUT2D eigenvalue weighted by atomic mass is 10.3. The maximum atomic E-state index is 5.74. The third-order valence-corrected chi connectivity index (χ3v) is 5.91. The van der Waals surface area contributed by atoms with Gasteiger partial charge in [-0.25, -0.2) is 0 Å². The van der Waals surface area contributed by atoms with Gasteiger partial charge in [0, 0.05) is 0 Å². The molecule has 11 heavy (non-hydrogen) atoms. The first-order chi connectivity index (χ1) is 5.06. The van der Waals surface area contributed by atoms with Crippen LogP contribution in [0.25, 0.3) is 0 Å². The number of unbranched alkanes of at least 4 members (excludes halogenated alkanes) is 1. The van der Waals surface area contributed by atoms with Crippen molar-refractivity contribution in [2.24, 2.45) is 0 Å². The van der Waals surface area contributed by atoms with Crippen molar-refractivity contribution in [3.63, 3.8) is 0 Å². The van der Waals surface area contributed by atoms with Crippen LogP contribution in [-0.2, 0) is 4.12 Å². The fourth-order valence-corrected chi connectivity index (χ4v) is 3.18. The Bertz CT molecular complexity index is 92.9. The number of rotatable bonds is 6. The van der Waals surface area contributed by atoms with Gasteiger partial charge in [-0.05, 0) is 32.6 Å². The van der Waals surface area contributed by atoms with E-state index in [1.54, 1.807) is 0 Å². The van der Waals surface area contributed by atoms with E-state index in [2.05, 4.69) is 31.5 Å². The molecule has 0 aliphatic carbocycles. The molecule has 0 unspecified atom stereocenters. The van der Waals surface area contributed by atoms with E-state index in [0.717, 1.165) is 6.54 Å². The summed E-state index contributed by atoms with van der Waals surface area (Å²) in [6, 6.07) is 0. The highest BCUT2D eigenvalue weighted by molar-refractivity contribution is 6.73. The molecule has 0 heterocycles. The van der Waals surface area contributed by atoms with E-state index in [9.17, 15) is 0 Å². The minimum absolute atomic E-state index is 0.401. The molecule has 0 aliphatic rings. The van der Waals surface area contributed by atoms with Gasteiger partial charge in [0.1, 0.15) is 0 Å². The van der Waals surface area contributed by atoms with Crippen molar-refractivity contribution in [2.45, 2.75) is 39.4 Å². The minimum Gasteiger partial charge on any atom is -0.449 e. The summed E-state index contributed by atoms with van der Waals surface area (Å²) in [5.74, 6) is 0. The Hall–Kier alpha value is 0.354. The first-order valence-corrected chi connectivity index (χ1v) is 9.10. The van der Waals surface area contributed by atoms with E-state index >= 15 is 0 Å². The fraction of sp³-hybridized carbons (Fsp3) is 1.00. The van der Waals surface area contributed by atoms with E-state index in [1.165, 1.54) is 12.8 Å². The molecule has 0 rings (SSSR count). The van der Waals surface area contributed by atoms with Gasteiger partial charge in [0.15, 0.2) is 8.32 Å². The maximum Gasteiger partial charge on any atom is 0.224 e. The van der Waals surface area contributed by atoms with Crippen LogP contribution in [-0.4, -0.2) is 24.8 Å². The number of nitrogens with one attached hydrogen (secondary N) is 1. The van der Waals surface area contributed by atoms with Crippen LogP contribution in [0, 0.1) is 0 Å². The normalized spacial score (nSPS) is 13.1. The summed E-state index contributed by atoms with van der Waals surface area (Å²) >= 11 is 0. The Morgan fingerprint density at radius 3 is 2.45 bits per heavy atom. The molecule has 68 valence electrons. The van der Waals surface area contributed by atoms with Gasteiger partial charge in [-0.2, -0.15) is 0 Å². The zero-order valence-corrected chi connectivity index (χ0v) is 10.7. The Balaban J connectivity index is 3.02. The second kappa shape index (κ2) is 5.94. The average Bonchev–Trinajstić information content (AvgIpc) is 1.85. The smallest absolute Gasteiger partial charge is 0.224 e. The zero-order valence-electron chi connectivity index (χ0n) is 8.24. The molecule has 0 spiro atoms. The summed E-state index contributed by atoms with van der Waals surface area (Å²) in [5, 5.41) is 0. The highest BCUT2D eigenvalue weighted by Crippen LogP contribution is 1.99. The van der Waals surface area contributed by atoms with Crippen molar-refractivity contribution < 1.29 is 4.12 Å². The van der Waals surface area contributed by atoms with Gasteiger partial charge in [-0.3, -0.25) is 0 Å². The van der Waals surface area contributed by atoms with Gasteiger partial charge in [0.05, 0.1) is 0 Å². The van der Waals surface area contributed by atoms with Gasteiger partial charge in [-0.15, -0.1) is 0 Å². The molecule has 0 radical (unpaired) electrons. The fourth-order valence-electron chi connectivity index (χ4n) is 0.641. The predicted octanol–water partition coefficient (Wildman–Crippen LogP) is 1.23. The molecule has 0 atom stereocenters. The molecule has 0 aliphatic heterocycles. The maximum absolute atomic E-state index is 5.74. The number of hydrogen-bond donors (Lipinski definition) is 1. The standard InChI is InChI=1S/C7H21NOSi2/c1-5-6-7-8-10-9-11(2,3)4/h8H,5-7,10H2,1-4H3. The van der Waals surface area contributed by atoms with Gasteiger partial charge in [0.25, 0.3) is 0 Å². The minimum atomic E-state index is -1.22. The Morgan fingerprint density at radius 2 is 2.00 bits per heavy atom. The molecule has 0 amide bonds. The van der Waals surface area contributed by atoms with Crippen molar-refractivity contribution in [3.05, 3.63) is 0 Å². The summed E-state index contributed by atoms with van der Waals surface area (Å²) in [6.45, 7) is 10.1. The molecule has 1 N–H and O–H groups in total. The molecular weight excluding hydrogens is 170 g/mol. The van der Waals surface area contributed by atoms with E-state index in [-0.39, 0.29) is 0 Å². The van der Waals surface area contributed by atoms with Gasteiger partial charge >= 0.3 is 0 Å². The zero-order chi connectivity index (χ0) is 8.74. The second-order valence-corrected chi connectivity index (χ2v) is 9.92. The summed E-state index contributed by atoms with van der Waals surface area (Å²) in [4.78, 5) is 3.39. The van der Waals surface area contributed by atoms with Crippen molar-refractivity contribution in [3.8, 4) is 0 Å². The van der Waals surface area contributed by atoms with E-state index in [1.807, 2.05) is 0 Å². The predicted molar refractivity (Wildman–Crippen MR) is 55.9 cm³/mol. The summed E-state index contributed by atoms with van der Waals surface area (Å²) in [5.41, 5.74) is 0. The van der Waals surface area contributed by atoms with Crippen LogP contribution >= 0.6 is 0 Å². The Labute approximate surface area is 73.9 Å². The van der Waals surface area contributed by atoms with Crippen LogP contribution in [0.3, 0.4) is 0 Å². The SMILES string of the molecule is CCCCN[SiH2]O[Si](C)(C)C. The molecule has 0 aromatic carbocycles. The first kappa shape index (κ1) is 11.4. The topological polar surface area (TPSA) is 21.3 Å². The highest BCUT2D eigenvalue weighted by Gasteiger charge is 2.12. The number of hydrogen-bond acceptors (Lipinski definition) is 2. The van der Waals surface area contributed by atoms with Crippen LogP contribution in [0.15, 0.2) is 0 Å². The van der Waals surface area contributed by atoms with Crippen molar-refractivity contribution >= 4 is 18.2 Å². The Kier molecular flexibility index (Phi) is 6.13. The molecule has 2 nitrogen and oxygen atoms in total. The van der Waals surface area contributed by atoms with Gasteiger partial charge < -0.3 is 9.10 Å². The summed E-state index contributed by atoms with van der Waals surface area (Å²) in [7, 11) is -1.62. The van der Waals surface area contributed by atoms with Crippen LogP contribution < -0.4 is 4.98 Å². The van der Waals surface area contributed by atoms with Crippen molar-refractivity contribution in [2.75, 3.05) is 6.54 Å². The van der Waals surface area contributed by atoms with Crippen LogP contribution in [0.1, 0.15) is 19.8 Å². The average molecular weight is 191 g/mol. The molecule has 0 saturated carbocycles. The molecule has 0 bridgehead atoms. The van der Waals surface area contributed by atoms with Crippen LogP contribution in [0.2, 0.25) is 19.6 Å². The van der Waals surface area contributed by atoms with Crippen molar-refractivity contribution in [1.82, 2.24) is 4.98 Å². The lowest BCUT2D eigenvalue weighted by molar-refractivity contribution is 0.573. The van der Waals surface area contributed by atoms with E-state index < -0.39 is 18.2 Å². The summed E-state index contributed by atoms with van der Waals surface area (Å²) < 4.78 is 5.74. The summed E-state index contributed by atoms with van der Waals surface area (Å²) in [6.07, 6.45) is 2.55. The molecule has 0 aromatic rings. The molecule has 0 aromatic heterocycles. The first-order valence-electron chi connectivity index (χ1n) is 4.41. The molecule has 0 fully saturated rings. The van der Waals surface area contributed by atoms with Gasteiger partial charge in [0.2, 0.25) is 9.92 Å². The quantitative estimate of drug-likeness (QED) is 0.504. The third kappa shape index (κ3) is 10.4. The molecule has 0 saturated heterocycles. The van der Waals surface area contributed by atoms with Gasteiger partial charge in [-0.1, -0.05) is 13.3 Å². The lowest BCUT2D eigenvalue weighted by Crippen LogP contribution is -2.34. The monoisotopic (exact) mass is 191 g/mol. The third-order valence-electron chi connectivity index (χ3n) is 1.31. The highest BCUT2D eigenvalue weighted by atomic mass is 28.4. The largest absolute Gasteiger partial charge is 0.449 e. The second-order valence-electron chi connectivity index (χ2n) is 3.75. The van der Waals surface area contributed by atoms with E-state index in [0.29, 0.717) is 0 Å². The van der Waals surface area contributed by atoms with Crippen molar-refractivity contribution in [1.29, 1.82) is 0 Å². The molecular formula is C7H21NOSi2. The van der Waals surface area contributed by atoms with Crippen LogP contribution in [0.4, 0.5) is 0 Å².